The highest BCUT2D eigenvalue weighted by atomic mass is 14.6. The van der Waals surface area contributed by atoms with Gasteiger partial charge in [0.1, 0.15) is 0 Å². The number of allylic oxidation sites excluding steroid dienone is 1. The van der Waals surface area contributed by atoms with Gasteiger partial charge in [-0.05, 0) is 37.1 Å². The Labute approximate surface area is 78.3 Å². The Hall–Kier alpha value is -1.75. The van der Waals surface area contributed by atoms with Crippen LogP contribution >= 0.6 is 0 Å². The van der Waals surface area contributed by atoms with Gasteiger partial charge in [-0.15, -0.1) is 0 Å². The highest BCUT2D eigenvalue weighted by Gasteiger charge is 1.96. The van der Waals surface area contributed by atoms with Crippen LogP contribution in [0.25, 0.3) is 6.08 Å². The predicted molar refractivity (Wildman–Crippen MR) is 54.9 cm³/mol. The third-order valence-electron chi connectivity index (χ3n) is 1.79. The van der Waals surface area contributed by atoms with Gasteiger partial charge < -0.3 is 5.73 Å². The largest absolute Gasteiger partial charge is 0.398 e. The Balaban J connectivity index is 3.12. The molecular formula is C11H12N2. The Morgan fingerprint density at radius 3 is 2.77 bits per heavy atom. The molecule has 0 spiro atoms. The minimum absolute atomic E-state index is 0.663. The van der Waals surface area contributed by atoms with E-state index in [2.05, 4.69) is 6.07 Å². The monoisotopic (exact) mass is 172 g/mol. The molecule has 66 valence electrons. The molecule has 2 N–H and O–H groups in total. The summed E-state index contributed by atoms with van der Waals surface area (Å²) in [4.78, 5) is 0. The summed E-state index contributed by atoms with van der Waals surface area (Å²) in [6.45, 7) is 3.75. The van der Waals surface area contributed by atoms with E-state index in [-0.39, 0.29) is 0 Å². The second kappa shape index (κ2) is 3.77. The van der Waals surface area contributed by atoms with Crippen LogP contribution in [0, 0.1) is 18.3 Å². The van der Waals surface area contributed by atoms with Crippen LogP contribution < -0.4 is 5.73 Å². The molecule has 0 saturated carbocycles. The number of aryl methyl sites for hydroxylation is 1. The molecule has 13 heavy (non-hydrogen) atoms. The van der Waals surface area contributed by atoms with Crippen LogP contribution in [-0.4, -0.2) is 0 Å². The van der Waals surface area contributed by atoms with Crippen molar-refractivity contribution in [3.05, 3.63) is 34.9 Å². The molecule has 0 bridgehead atoms. The molecule has 1 aromatic carbocycles. The molecule has 0 heterocycles. The molecule has 0 atom stereocenters. The molecule has 1 aromatic rings. The zero-order valence-electron chi connectivity index (χ0n) is 7.83. The van der Waals surface area contributed by atoms with E-state index in [0.717, 1.165) is 16.8 Å². The number of anilines is 1. The van der Waals surface area contributed by atoms with Gasteiger partial charge >= 0.3 is 0 Å². The van der Waals surface area contributed by atoms with Gasteiger partial charge in [-0.3, -0.25) is 0 Å². The molecule has 2 heteroatoms. The number of benzene rings is 1. The van der Waals surface area contributed by atoms with Gasteiger partial charge in [0.2, 0.25) is 0 Å². The number of hydrogen-bond acceptors (Lipinski definition) is 2. The summed E-state index contributed by atoms with van der Waals surface area (Å²) >= 11 is 0. The molecule has 0 aromatic heterocycles. The zero-order chi connectivity index (χ0) is 9.84. The van der Waals surface area contributed by atoms with Gasteiger partial charge in [-0.2, -0.15) is 5.26 Å². The van der Waals surface area contributed by atoms with Crippen LogP contribution in [0.3, 0.4) is 0 Å². The maximum Gasteiger partial charge on any atom is 0.0944 e. The molecule has 2 nitrogen and oxygen atoms in total. The zero-order valence-corrected chi connectivity index (χ0v) is 7.83. The van der Waals surface area contributed by atoms with Crippen molar-refractivity contribution in [2.45, 2.75) is 13.8 Å². The van der Waals surface area contributed by atoms with E-state index in [1.807, 2.05) is 25.1 Å². The van der Waals surface area contributed by atoms with Gasteiger partial charge in [0.05, 0.1) is 6.07 Å². The summed E-state index contributed by atoms with van der Waals surface area (Å²) in [6.07, 6.45) is 1.79. The summed E-state index contributed by atoms with van der Waals surface area (Å²) in [6, 6.07) is 7.86. The number of hydrogen-bond donors (Lipinski definition) is 1. The molecule has 0 fully saturated rings. The maximum absolute atomic E-state index is 8.58. The van der Waals surface area contributed by atoms with E-state index >= 15 is 0 Å². The van der Waals surface area contributed by atoms with Crippen molar-refractivity contribution in [1.82, 2.24) is 0 Å². The van der Waals surface area contributed by atoms with Crippen molar-refractivity contribution in [2.24, 2.45) is 0 Å². The lowest BCUT2D eigenvalue weighted by Gasteiger charge is -2.01. The van der Waals surface area contributed by atoms with Crippen molar-refractivity contribution in [1.29, 1.82) is 5.26 Å². The molecule has 1 rings (SSSR count). The highest BCUT2D eigenvalue weighted by Crippen LogP contribution is 2.16. The summed E-state index contributed by atoms with van der Waals surface area (Å²) in [5, 5.41) is 8.58. The number of nitrogens with zero attached hydrogens (tertiary/aromatic N) is 1. The standard InChI is InChI=1S/C11H12N2/c1-8-3-4-10(11(13)6-8)5-9(2)7-12/h3-6H,13H2,1-2H3. The molecule has 0 aliphatic rings. The van der Waals surface area contributed by atoms with Crippen LogP contribution in [0.4, 0.5) is 5.69 Å². The second-order valence-electron chi connectivity index (χ2n) is 3.07. The molecular weight excluding hydrogens is 160 g/mol. The number of nitrogen functional groups attached to an aromatic ring is 1. The molecule has 0 aliphatic heterocycles. The van der Waals surface area contributed by atoms with Gasteiger partial charge in [-0.25, -0.2) is 0 Å². The lowest BCUT2D eigenvalue weighted by molar-refractivity contribution is 1.44. The molecule has 0 saturated heterocycles. The predicted octanol–water partition coefficient (Wildman–Crippen LogP) is 2.50. The Morgan fingerprint density at radius 1 is 1.54 bits per heavy atom. The SMILES string of the molecule is CC(C#N)=Cc1ccc(C)cc1N. The first-order valence-electron chi connectivity index (χ1n) is 4.08. The van der Waals surface area contributed by atoms with Crippen molar-refractivity contribution in [2.75, 3.05) is 5.73 Å². The highest BCUT2D eigenvalue weighted by molar-refractivity contribution is 5.68. The first kappa shape index (κ1) is 9.34. The van der Waals surface area contributed by atoms with Gasteiger partial charge in [0.25, 0.3) is 0 Å². The smallest absolute Gasteiger partial charge is 0.0944 e. The molecule has 0 unspecified atom stereocenters. The quantitative estimate of drug-likeness (QED) is 0.522. The van der Waals surface area contributed by atoms with E-state index in [1.54, 1.807) is 13.0 Å². The average Bonchev–Trinajstić information content (AvgIpc) is 2.09. The van der Waals surface area contributed by atoms with Gasteiger partial charge in [0, 0.05) is 11.3 Å². The van der Waals surface area contributed by atoms with E-state index in [9.17, 15) is 0 Å². The van der Waals surface area contributed by atoms with E-state index in [4.69, 9.17) is 11.0 Å². The fourth-order valence-corrected chi connectivity index (χ4v) is 1.09. The number of nitrogens with two attached hydrogens (primary N) is 1. The summed E-state index contributed by atoms with van der Waals surface area (Å²) in [7, 11) is 0. The van der Waals surface area contributed by atoms with Crippen molar-refractivity contribution >= 4 is 11.8 Å². The third kappa shape index (κ3) is 2.34. The Kier molecular flexibility index (Phi) is 2.71. The first-order valence-corrected chi connectivity index (χ1v) is 4.08. The van der Waals surface area contributed by atoms with Crippen molar-refractivity contribution in [3.8, 4) is 6.07 Å². The topological polar surface area (TPSA) is 49.8 Å². The maximum atomic E-state index is 8.58. The van der Waals surface area contributed by atoms with E-state index in [1.165, 1.54) is 0 Å². The van der Waals surface area contributed by atoms with Crippen LogP contribution in [0.15, 0.2) is 23.8 Å². The number of nitriles is 1. The lowest BCUT2D eigenvalue weighted by atomic mass is 10.1. The minimum atomic E-state index is 0.663. The lowest BCUT2D eigenvalue weighted by Crippen LogP contribution is -1.90. The van der Waals surface area contributed by atoms with Crippen LogP contribution in [0.1, 0.15) is 18.1 Å². The summed E-state index contributed by atoms with van der Waals surface area (Å²) in [5.41, 5.74) is 9.19. The molecule has 0 aliphatic carbocycles. The van der Waals surface area contributed by atoms with E-state index in [0.29, 0.717) is 5.57 Å². The fourth-order valence-electron chi connectivity index (χ4n) is 1.09. The second-order valence-corrected chi connectivity index (χ2v) is 3.07. The van der Waals surface area contributed by atoms with Gasteiger partial charge in [-0.1, -0.05) is 12.1 Å². The number of rotatable bonds is 1. The van der Waals surface area contributed by atoms with Crippen LogP contribution in [0.5, 0.6) is 0 Å². The van der Waals surface area contributed by atoms with Crippen molar-refractivity contribution in [3.63, 3.8) is 0 Å². The van der Waals surface area contributed by atoms with Crippen molar-refractivity contribution < 1.29 is 0 Å². The summed E-state index contributed by atoms with van der Waals surface area (Å²) in [5.74, 6) is 0. The first-order chi connectivity index (χ1) is 6.13. The molecule has 0 radical (unpaired) electrons. The normalized spacial score (nSPS) is 11.0. The minimum Gasteiger partial charge on any atom is -0.398 e. The average molecular weight is 172 g/mol. The Morgan fingerprint density at radius 2 is 2.23 bits per heavy atom. The fraction of sp³-hybridized carbons (Fsp3) is 0.182. The van der Waals surface area contributed by atoms with E-state index < -0.39 is 0 Å². The Bertz CT molecular complexity index is 384. The third-order valence-corrected chi connectivity index (χ3v) is 1.79. The van der Waals surface area contributed by atoms with Gasteiger partial charge in [0.15, 0.2) is 0 Å². The van der Waals surface area contributed by atoms with Crippen LogP contribution in [-0.2, 0) is 0 Å². The van der Waals surface area contributed by atoms with Crippen LogP contribution in [0.2, 0.25) is 0 Å². The molecule has 0 amide bonds. The summed E-state index contributed by atoms with van der Waals surface area (Å²) < 4.78 is 0.